The number of likely N-dealkylation sites (tertiary alicyclic amines) is 1. The summed E-state index contributed by atoms with van der Waals surface area (Å²) in [5.74, 6) is -0.142. The fourth-order valence-corrected chi connectivity index (χ4v) is 5.60. The monoisotopic (exact) mass is 541 g/mol. The Morgan fingerprint density at radius 1 is 1.11 bits per heavy atom. The van der Waals surface area contributed by atoms with E-state index >= 15 is 0 Å². The third-order valence-electron chi connectivity index (χ3n) is 7.13. The van der Waals surface area contributed by atoms with E-state index in [1.165, 1.54) is 4.90 Å². The van der Waals surface area contributed by atoms with E-state index in [4.69, 9.17) is 30.5 Å². The summed E-state index contributed by atoms with van der Waals surface area (Å²) in [7, 11) is 1.58. The first-order chi connectivity index (χ1) is 18.0. The molecule has 0 saturated carbocycles. The van der Waals surface area contributed by atoms with Gasteiger partial charge in [0.05, 0.1) is 6.61 Å². The zero-order chi connectivity index (χ0) is 27.2. The summed E-state index contributed by atoms with van der Waals surface area (Å²) in [6.07, 6.45) is -0.140. The van der Waals surface area contributed by atoms with E-state index in [0.29, 0.717) is 49.6 Å². The third kappa shape index (κ3) is 5.24. The number of carbonyl (C=O) groups is 3. The Labute approximate surface area is 227 Å². The van der Waals surface area contributed by atoms with E-state index < -0.39 is 29.8 Å². The predicted octanol–water partition coefficient (Wildman–Crippen LogP) is 5.21. The van der Waals surface area contributed by atoms with Gasteiger partial charge in [0, 0.05) is 35.7 Å². The Hall–Kier alpha value is -3.10. The van der Waals surface area contributed by atoms with Crippen LogP contribution in [0.2, 0.25) is 5.02 Å². The normalized spacial score (nSPS) is 22.2. The molecule has 0 radical (unpaired) electrons. The molecule has 2 aromatic carbocycles. The van der Waals surface area contributed by atoms with Crippen LogP contribution >= 0.6 is 11.6 Å². The van der Waals surface area contributed by atoms with Crippen molar-refractivity contribution in [1.29, 1.82) is 0 Å². The van der Waals surface area contributed by atoms with Crippen LogP contribution in [0, 0.1) is 5.92 Å². The van der Waals surface area contributed by atoms with Gasteiger partial charge in [-0.1, -0.05) is 11.6 Å². The lowest BCUT2D eigenvalue weighted by molar-refractivity contribution is -0.152. The van der Waals surface area contributed by atoms with Crippen LogP contribution in [-0.4, -0.2) is 60.8 Å². The standard InChI is InChI=1S/C29H32ClNO7/c1-29(2,3)38-28(34)31-13-16(14-35-4)9-23(31)27(33)37-24-8-5-17-10-21-18(11-22(17)26(24)32)15-36-25-12-19(30)6-7-20(21)25/h6-7,10-12,16,23-24H,5,8-9,13-15H2,1-4H3/t16?,23-,24?/m0/s1. The first-order valence-electron chi connectivity index (χ1n) is 12.9. The molecule has 0 N–H and O–H groups in total. The Morgan fingerprint density at radius 3 is 2.61 bits per heavy atom. The molecule has 9 heteroatoms. The number of hydrogen-bond donors (Lipinski definition) is 0. The third-order valence-corrected chi connectivity index (χ3v) is 7.36. The second-order valence-corrected chi connectivity index (χ2v) is 11.6. The van der Waals surface area contributed by atoms with Gasteiger partial charge in [0.1, 0.15) is 24.0 Å². The molecule has 3 atom stereocenters. The van der Waals surface area contributed by atoms with Crippen LogP contribution in [0.1, 0.15) is 55.1 Å². The zero-order valence-corrected chi connectivity index (χ0v) is 22.8. The number of ether oxygens (including phenoxy) is 4. The number of fused-ring (bicyclic) bond motifs is 4. The summed E-state index contributed by atoms with van der Waals surface area (Å²) in [5.41, 5.74) is 3.61. The molecule has 0 spiro atoms. The molecule has 2 heterocycles. The van der Waals surface area contributed by atoms with Gasteiger partial charge >= 0.3 is 12.1 Å². The highest BCUT2D eigenvalue weighted by molar-refractivity contribution is 6.30. The van der Waals surface area contributed by atoms with Crippen molar-refractivity contribution in [2.24, 2.45) is 5.92 Å². The van der Waals surface area contributed by atoms with Gasteiger partial charge in [-0.05, 0) is 87.1 Å². The van der Waals surface area contributed by atoms with Crippen molar-refractivity contribution in [2.45, 2.75) is 64.4 Å². The summed E-state index contributed by atoms with van der Waals surface area (Å²) in [4.78, 5) is 41.0. The summed E-state index contributed by atoms with van der Waals surface area (Å²) in [6, 6.07) is 8.58. The number of halogens is 1. The van der Waals surface area contributed by atoms with E-state index in [0.717, 1.165) is 28.0 Å². The van der Waals surface area contributed by atoms with Gasteiger partial charge in [-0.3, -0.25) is 9.69 Å². The minimum absolute atomic E-state index is 0.0304. The lowest BCUT2D eigenvalue weighted by atomic mass is 9.83. The zero-order valence-electron chi connectivity index (χ0n) is 22.0. The van der Waals surface area contributed by atoms with Crippen LogP contribution in [0.15, 0.2) is 30.3 Å². The van der Waals surface area contributed by atoms with Crippen molar-refractivity contribution in [3.63, 3.8) is 0 Å². The second-order valence-electron chi connectivity index (χ2n) is 11.1. The fraction of sp³-hybridized carbons (Fsp3) is 0.483. The summed E-state index contributed by atoms with van der Waals surface area (Å²) in [6.45, 7) is 6.37. The molecule has 2 aliphatic heterocycles. The van der Waals surface area contributed by atoms with Crippen LogP contribution in [0.5, 0.6) is 5.75 Å². The first kappa shape index (κ1) is 26.5. The lowest BCUT2D eigenvalue weighted by Gasteiger charge is -2.30. The maximum atomic E-state index is 13.5. The number of carbonyl (C=O) groups excluding carboxylic acids is 3. The first-order valence-corrected chi connectivity index (χ1v) is 13.2. The highest BCUT2D eigenvalue weighted by Gasteiger charge is 2.44. The smallest absolute Gasteiger partial charge is 0.411 e. The quantitative estimate of drug-likeness (QED) is 0.490. The van der Waals surface area contributed by atoms with Crippen LogP contribution in [-0.2, 0) is 32.0 Å². The molecule has 38 heavy (non-hydrogen) atoms. The number of amides is 1. The van der Waals surface area contributed by atoms with Gasteiger partial charge < -0.3 is 18.9 Å². The molecule has 1 aliphatic carbocycles. The average molecular weight is 542 g/mol. The molecule has 1 saturated heterocycles. The number of methoxy groups -OCH3 is 1. The fourth-order valence-electron chi connectivity index (χ4n) is 5.44. The van der Waals surface area contributed by atoms with Gasteiger partial charge in [-0.25, -0.2) is 9.59 Å². The van der Waals surface area contributed by atoms with E-state index in [-0.39, 0.29) is 11.7 Å². The van der Waals surface area contributed by atoms with E-state index in [2.05, 4.69) is 0 Å². The molecule has 5 rings (SSSR count). The highest BCUT2D eigenvalue weighted by atomic mass is 35.5. The van der Waals surface area contributed by atoms with Crippen LogP contribution in [0.25, 0.3) is 11.1 Å². The Bertz CT molecular complexity index is 1280. The van der Waals surface area contributed by atoms with Crippen molar-refractivity contribution >= 4 is 29.4 Å². The minimum Gasteiger partial charge on any atom is -0.488 e. The van der Waals surface area contributed by atoms with E-state index in [1.54, 1.807) is 33.9 Å². The number of aryl methyl sites for hydroxylation is 1. The highest BCUT2D eigenvalue weighted by Crippen LogP contribution is 2.41. The summed E-state index contributed by atoms with van der Waals surface area (Å²) >= 11 is 6.12. The van der Waals surface area contributed by atoms with Crippen molar-refractivity contribution in [3.8, 4) is 16.9 Å². The summed E-state index contributed by atoms with van der Waals surface area (Å²) in [5, 5.41) is 0.603. The number of Topliss-reactive ketones (excluding diaryl/α,β-unsaturated/α-hetero) is 1. The number of rotatable bonds is 4. The topological polar surface area (TPSA) is 91.4 Å². The van der Waals surface area contributed by atoms with Gasteiger partial charge in [0.15, 0.2) is 6.10 Å². The number of ketones is 1. The SMILES string of the molecule is COCC1C[C@@H](C(=O)OC2CCc3cc4c(cc3C2=O)COc2cc(Cl)ccc2-4)N(C(=O)OC(C)(C)C)C1. The molecule has 2 aromatic rings. The number of esters is 1. The van der Waals surface area contributed by atoms with E-state index in [9.17, 15) is 14.4 Å². The predicted molar refractivity (Wildman–Crippen MR) is 140 cm³/mol. The molecule has 1 fully saturated rings. The molecule has 1 amide bonds. The number of benzene rings is 2. The largest absolute Gasteiger partial charge is 0.488 e. The Morgan fingerprint density at radius 2 is 1.87 bits per heavy atom. The van der Waals surface area contributed by atoms with Gasteiger partial charge in [0.25, 0.3) is 0 Å². The molecule has 8 nitrogen and oxygen atoms in total. The molecule has 0 aromatic heterocycles. The van der Waals surface area contributed by atoms with E-state index in [1.807, 2.05) is 24.3 Å². The van der Waals surface area contributed by atoms with Gasteiger partial charge in [-0.15, -0.1) is 0 Å². The van der Waals surface area contributed by atoms with Gasteiger partial charge in [-0.2, -0.15) is 0 Å². The van der Waals surface area contributed by atoms with Crippen LogP contribution < -0.4 is 4.74 Å². The maximum absolute atomic E-state index is 13.5. The summed E-state index contributed by atoms with van der Waals surface area (Å²) < 4.78 is 22.4. The van der Waals surface area contributed by atoms with Crippen LogP contribution in [0.4, 0.5) is 4.79 Å². The molecule has 0 bridgehead atoms. The van der Waals surface area contributed by atoms with Crippen molar-refractivity contribution in [3.05, 3.63) is 52.0 Å². The number of nitrogens with zero attached hydrogens (tertiary/aromatic N) is 1. The Balaban J connectivity index is 1.34. The van der Waals surface area contributed by atoms with Crippen molar-refractivity contribution in [2.75, 3.05) is 20.3 Å². The average Bonchev–Trinajstić information content (AvgIpc) is 3.28. The molecule has 202 valence electrons. The van der Waals surface area contributed by atoms with Gasteiger partial charge in [0.2, 0.25) is 5.78 Å². The second kappa shape index (κ2) is 10.2. The van der Waals surface area contributed by atoms with Crippen LogP contribution in [0.3, 0.4) is 0 Å². The minimum atomic E-state index is -0.911. The molecule has 3 aliphatic rings. The molecular formula is C29H32ClNO7. The van der Waals surface area contributed by atoms with Crippen molar-refractivity contribution < 1.29 is 33.3 Å². The number of hydrogen-bond acceptors (Lipinski definition) is 7. The van der Waals surface area contributed by atoms with Crippen molar-refractivity contribution in [1.82, 2.24) is 4.90 Å². The molecule has 2 unspecified atom stereocenters. The lowest BCUT2D eigenvalue weighted by Crippen LogP contribution is -2.46. The maximum Gasteiger partial charge on any atom is 0.411 e. The Kier molecular flexibility index (Phi) is 7.13. The molecular weight excluding hydrogens is 510 g/mol.